The zero-order valence-corrected chi connectivity index (χ0v) is 18.4. The van der Waals surface area contributed by atoms with E-state index in [4.69, 9.17) is 27.6 Å². The molecule has 0 fully saturated rings. The zero-order chi connectivity index (χ0) is 23.2. The second kappa shape index (κ2) is 8.05. The molecule has 0 unspecified atom stereocenters. The fourth-order valence-corrected chi connectivity index (χ4v) is 4.42. The number of H-pyrrole nitrogens is 1. The number of nitrogens with zero attached hydrogens (tertiary/aromatic N) is 1. The first-order chi connectivity index (χ1) is 15.1. The van der Waals surface area contributed by atoms with Crippen molar-refractivity contribution in [3.05, 3.63) is 85.8 Å². The average molecular weight is 496 g/mol. The standard InChI is InChI=1S/C20H12Cl2FN3O5S/c1-9-6-11(2-3-12(9)22)32(29,30)26-15-7-10(21)8-24-17(15)18(27)16-13(23)4-5-14-19(16)31-20(28)25-14/h2-8,26H,1H3,(H,25,28). The molecule has 32 heavy (non-hydrogen) atoms. The number of aryl methyl sites for hydroxylation is 1. The van der Waals surface area contributed by atoms with Gasteiger partial charge in [-0.2, -0.15) is 0 Å². The van der Waals surface area contributed by atoms with Gasteiger partial charge in [-0.3, -0.25) is 14.5 Å². The number of oxazole rings is 1. The summed E-state index contributed by atoms with van der Waals surface area (Å²) in [5, 5.41) is 0.402. The van der Waals surface area contributed by atoms with E-state index >= 15 is 0 Å². The number of fused-ring (bicyclic) bond motifs is 1. The average Bonchev–Trinajstić information content (AvgIpc) is 3.09. The monoisotopic (exact) mass is 495 g/mol. The molecule has 8 nitrogen and oxygen atoms in total. The van der Waals surface area contributed by atoms with Crippen molar-refractivity contribution in [2.45, 2.75) is 11.8 Å². The van der Waals surface area contributed by atoms with Gasteiger partial charge >= 0.3 is 5.76 Å². The number of ketones is 1. The molecule has 0 aliphatic carbocycles. The number of carbonyl (C=O) groups is 1. The summed E-state index contributed by atoms with van der Waals surface area (Å²) in [6.07, 6.45) is 1.10. The molecule has 0 amide bonds. The van der Waals surface area contributed by atoms with Crippen LogP contribution in [0.3, 0.4) is 0 Å². The lowest BCUT2D eigenvalue weighted by molar-refractivity contribution is 0.103. The largest absolute Gasteiger partial charge is 0.417 e. The number of halogens is 3. The molecule has 0 saturated carbocycles. The van der Waals surface area contributed by atoms with Crippen molar-refractivity contribution >= 4 is 55.8 Å². The first-order valence-corrected chi connectivity index (χ1v) is 11.1. The van der Waals surface area contributed by atoms with Gasteiger partial charge in [0.05, 0.1) is 21.1 Å². The summed E-state index contributed by atoms with van der Waals surface area (Å²) in [7, 11) is -4.19. The maximum Gasteiger partial charge on any atom is 0.417 e. The van der Waals surface area contributed by atoms with E-state index in [1.54, 1.807) is 6.92 Å². The smallest absolute Gasteiger partial charge is 0.407 e. The molecule has 0 bridgehead atoms. The van der Waals surface area contributed by atoms with Crippen molar-refractivity contribution in [2.24, 2.45) is 0 Å². The van der Waals surface area contributed by atoms with Gasteiger partial charge in [0.1, 0.15) is 17.1 Å². The highest BCUT2D eigenvalue weighted by atomic mass is 35.5. The van der Waals surface area contributed by atoms with Crippen LogP contribution in [0.15, 0.2) is 56.7 Å². The van der Waals surface area contributed by atoms with Crippen molar-refractivity contribution in [1.29, 1.82) is 0 Å². The van der Waals surface area contributed by atoms with E-state index in [-0.39, 0.29) is 26.7 Å². The van der Waals surface area contributed by atoms with Crippen LogP contribution < -0.4 is 10.5 Å². The minimum Gasteiger partial charge on any atom is -0.407 e. The molecule has 0 atom stereocenters. The molecule has 0 saturated heterocycles. The molecule has 2 aromatic carbocycles. The number of carbonyl (C=O) groups excluding carboxylic acids is 1. The van der Waals surface area contributed by atoms with Gasteiger partial charge in [-0.05, 0) is 48.9 Å². The van der Waals surface area contributed by atoms with Gasteiger partial charge in [0.25, 0.3) is 10.0 Å². The van der Waals surface area contributed by atoms with E-state index in [9.17, 15) is 22.4 Å². The molecule has 0 radical (unpaired) electrons. The number of nitrogens with one attached hydrogen (secondary N) is 2. The number of hydrogen-bond donors (Lipinski definition) is 2. The topological polar surface area (TPSA) is 122 Å². The van der Waals surface area contributed by atoms with Crippen LogP contribution in [0.25, 0.3) is 11.1 Å². The fraction of sp³-hybridized carbons (Fsp3) is 0.0500. The third-order valence-electron chi connectivity index (χ3n) is 4.52. The first kappa shape index (κ1) is 22.0. The van der Waals surface area contributed by atoms with E-state index in [0.29, 0.717) is 10.6 Å². The molecule has 0 aliphatic heterocycles. The number of aromatic nitrogens is 2. The Balaban J connectivity index is 1.83. The number of pyridine rings is 1. The second-order valence-electron chi connectivity index (χ2n) is 6.71. The Kier molecular flexibility index (Phi) is 5.53. The summed E-state index contributed by atoms with van der Waals surface area (Å²) in [5.74, 6) is -2.88. The van der Waals surface area contributed by atoms with Gasteiger partial charge in [0, 0.05) is 11.2 Å². The lowest BCUT2D eigenvalue weighted by Crippen LogP contribution is -2.17. The summed E-state index contributed by atoms with van der Waals surface area (Å²) in [6.45, 7) is 1.63. The highest BCUT2D eigenvalue weighted by Crippen LogP contribution is 2.29. The number of anilines is 1. The normalized spacial score (nSPS) is 11.6. The number of aromatic amines is 1. The van der Waals surface area contributed by atoms with Crippen LogP contribution >= 0.6 is 23.2 Å². The van der Waals surface area contributed by atoms with Crippen LogP contribution in [0.4, 0.5) is 10.1 Å². The van der Waals surface area contributed by atoms with Crippen LogP contribution in [-0.2, 0) is 10.0 Å². The van der Waals surface area contributed by atoms with Crippen LogP contribution in [0.5, 0.6) is 0 Å². The maximum atomic E-state index is 14.6. The lowest BCUT2D eigenvalue weighted by atomic mass is 10.0. The molecular formula is C20H12Cl2FN3O5S. The Labute approximate surface area is 190 Å². The van der Waals surface area contributed by atoms with E-state index in [1.807, 2.05) is 0 Å². The number of hydrogen-bond acceptors (Lipinski definition) is 6. The highest BCUT2D eigenvalue weighted by Gasteiger charge is 2.27. The minimum absolute atomic E-state index is 0.0263. The molecule has 4 aromatic rings. The minimum atomic E-state index is -4.19. The van der Waals surface area contributed by atoms with E-state index in [0.717, 1.165) is 18.3 Å². The summed E-state index contributed by atoms with van der Waals surface area (Å²) >= 11 is 11.9. The fourth-order valence-electron chi connectivity index (χ4n) is 3.01. The molecule has 2 aromatic heterocycles. The molecule has 12 heteroatoms. The zero-order valence-electron chi connectivity index (χ0n) is 16.1. The number of rotatable bonds is 5. The van der Waals surface area contributed by atoms with Crippen molar-refractivity contribution < 1.29 is 22.0 Å². The number of benzene rings is 2. The van der Waals surface area contributed by atoms with Crippen molar-refractivity contribution in [3.8, 4) is 0 Å². The van der Waals surface area contributed by atoms with Gasteiger partial charge in [-0.1, -0.05) is 23.2 Å². The summed E-state index contributed by atoms with van der Waals surface area (Å²) in [5.41, 5.74) is -1.03. The van der Waals surface area contributed by atoms with E-state index in [2.05, 4.69) is 14.7 Å². The van der Waals surface area contributed by atoms with Crippen molar-refractivity contribution in [1.82, 2.24) is 9.97 Å². The molecule has 164 valence electrons. The molecule has 2 N–H and O–H groups in total. The van der Waals surface area contributed by atoms with Crippen molar-refractivity contribution in [3.63, 3.8) is 0 Å². The predicted molar refractivity (Wildman–Crippen MR) is 116 cm³/mol. The van der Waals surface area contributed by atoms with Gasteiger partial charge in [-0.15, -0.1) is 0 Å². The molecule has 0 spiro atoms. The Morgan fingerprint density at radius 3 is 2.66 bits per heavy atom. The van der Waals surface area contributed by atoms with Crippen LogP contribution in [0.2, 0.25) is 10.0 Å². The third kappa shape index (κ3) is 3.99. The van der Waals surface area contributed by atoms with Crippen LogP contribution in [0, 0.1) is 12.7 Å². The quantitative estimate of drug-likeness (QED) is 0.398. The highest BCUT2D eigenvalue weighted by molar-refractivity contribution is 7.92. The lowest BCUT2D eigenvalue weighted by Gasteiger charge is -2.13. The first-order valence-electron chi connectivity index (χ1n) is 8.87. The Bertz CT molecular complexity index is 1560. The molecular weight excluding hydrogens is 484 g/mol. The number of sulfonamides is 1. The Morgan fingerprint density at radius 1 is 1.19 bits per heavy atom. The van der Waals surface area contributed by atoms with Crippen molar-refractivity contribution in [2.75, 3.05) is 4.72 Å². The SMILES string of the molecule is Cc1cc(S(=O)(=O)Nc2cc(Cl)cnc2C(=O)c2c(F)ccc3[nH]c(=O)oc23)ccc1Cl. The molecule has 2 heterocycles. The van der Waals surface area contributed by atoms with Gasteiger partial charge in [0.2, 0.25) is 5.78 Å². The van der Waals surface area contributed by atoms with Gasteiger partial charge in [0.15, 0.2) is 5.58 Å². The molecule has 0 aliphatic rings. The third-order valence-corrected chi connectivity index (χ3v) is 6.51. The Morgan fingerprint density at radius 2 is 1.94 bits per heavy atom. The van der Waals surface area contributed by atoms with Gasteiger partial charge in [-0.25, -0.2) is 22.6 Å². The van der Waals surface area contributed by atoms with Crippen LogP contribution in [0.1, 0.15) is 21.6 Å². The Hall–Kier alpha value is -3.21. The van der Waals surface area contributed by atoms with E-state index in [1.165, 1.54) is 24.3 Å². The van der Waals surface area contributed by atoms with Crippen LogP contribution in [-0.4, -0.2) is 24.2 Å². The second-order valence-corrected chi connectivity index (χ2v) is 9.23. The van der Waals surface area contributed by atoms with Gasteiger partial charge < -0.3 is 4.42 Å². The predicted octanol–water partition coefficient (Wildman–Crippen LogP) is 4.30. The molecule has 4 rings (SSSR count). The van der Waals surface area contributed by atoms with E-state index < -0.39 is 38.6 Å². The summed E-state index contributed by atoms with van der Waals surface area (Å²) < 4.78 is 47.5. The maximum absolute atomic E-state index is 14.6. The summed E-state index contributed by atoms with van der Waals surface area (Å²) in [6, 6.07) is 7.40. The summed E-state index contributed by atoms with van der Waals surface area (Å²) in [4.78, 5) is 30.8.